The smallest absolute Gasteiger partial charge is 0.123 e. The van der Waals surface area contributed by atoms with Crippen LogP contribution in [-0.4, -0.2) is 24.6 Å². The van der Waals surface area contributed by atoms with Crippen LogP contribution in [0.1, 0.15) is 18.0 Å². The average Bonchev–Trinajstić information content (AvgIpc) is 2.78. The highest BCUT2D eigenvalue weighted by molar-refractivity contribution is 6.00. The molecule has 3 nitrogen and oxygen atoms in total. The summed E-state index contributed by atoms with van der Waals surface area (Å²) >= 11 is 0. The molecule has 0 aliphatic carbocycles. The van der Waals surface area contributed by atoms with Crippen LogP contribution in [0.25, 0.3) is 0 Å². The number of piperidine rings is 1. The van der Waals surface area contributed by atoms with Crippen molar-refractivity contribution in [1.29, 1.82) is 0 Å². The van der Waals surface area contributed by atoms with Gasteiger partial charge >= 0.3 is 0 Å². The first-order valence-electron chi connectivity index (χ1n) is 5.42. The van der Waals surface area contributed by atoms with Gasteiger partial charge in [-0.25, -0.2) is 9.38 Å². The molecule has 0 bridgehead atoms. The maximum atomic E-state index is 12.8. The number of nitrogens with zero attached hydrogens (tertiary/aromatic N) is 2. The topological polar surface area (TPSA) is 36.8 Å². The minimum atomic E-state index is -0.205. The maximum absolute atomic E-state index is 12.8. The molecule has 1 fully saturated rings. The molecule has 3 rings (SSSR count). The molecular weight excluding hydrogens is 205 g/mol. The van der Waals surface area contributed by atoms with Crippen LogP contribution in [0.3, 0.4) is 0 Å². The van der Waals surface area contributed by atoms with E-state index in [2.05, 4.69) is 15.3 Å². The summed E-state index contributed by atoms with van der Waals surface area (Å²) < 4.78 is 12.8. The van der Waals surface area contributed by atoms with Crippen molar-refractivity contribution in [1.82, 2.24) is 5.32 Å². The first-order valence-corrected chi connectivity index (χ1v) is 5.42. The van der Waals surface area contributed by atoms with Gasteiger partial charge in [0.2, 0.25) is 0 Å². The third-order valence-electron chi connectivity index (χ3n) is 3.08. The summed E-state index contributed by atoms with van der Waals surface area (Å²) in [5, 5.41) is 3.41. The van der Waals surface area contributed by atoms with Crippen LogP contribution in [0.5, 0.6) is 0 Å². The van der Waals surface area contributed by atoms with Crippen LogP contribution in [0.2, 0.25) is 0 Å². The highest BCUT2D eigenvalue weighted by Gasteiger charge is 2.32. The highest BCUT2D eigenvalue weighted by Crippen LogP contribution is 2.26. The predicted molar refractivity (Wildman–Crippen MR) is 61.5 cm³/mol. The van der Waals surface area contributed by atoms with Gasteiger partial charge in [0, 0.05) is 18.7 Å². The molecule has 0 unspecified atom stereocenters. The molecule has 82 valence electrons. The van der Waals surface area contributed by atoms with E-state index in [1.807, 2.05) is 12.1 Å². The fourth-order valence-corrected chi connectivity index (χ4v) is 2.27. The molecule has 1 aromatic carbocycles. The van der Waals surface area contributed by atoms with Crippen molar-refractivity contribution in [2.24, 2.45) is 9.98 Å². The van der Waals surface area contributed by atoms with E-state index in [1.54, 1.807) is 6.34 Å². The van der Waals surface area contributed by atoms with Gasteiger partial charge in [-0.1, -0.05) is 12.1 Å². The second-order valence-corrected chi connectivity index (χ2v) is 4.06. The summed E-state index contributed by atoms with van der Waals surface area (Å²) in [5.74, 6) is -0.205. The zero-order valence-corrected chi connectivity index (χ0v) is 8.73. The van der Waals surface area contributed by atoms with Crippen LogP contribution in [0.4, 0.5) is 4.39 Å². The summed E-state index contributed by atoms with van der Waals surface area (Å²) in [6.45, 7) is 0.904. The summed E-state index contributed by atoms with van der Waals surface area (Å²) in [6, 6.07) is 6.82. The summed E-state index contributed by atoms with van der Waals surface area (Å²) in [6.07, 6.45) is 2.58. The molecule has 1 saturated heterocycles. The summed E-state index contributed by atoms with van der Waals surface area (Å²) in [5.41, 5.74) is 2.20. The first kappa shape index (κ1) is 9.66. The van der Waals surface area contributed by atoms with E-state index in [9.17, 15) is 4.39 Å². The van der Waals surface area contributed by atoms with E-state index in [-0.39, 0.29) is 17.9 Å². The molecule has 2 aliphatic heterocycles. The van der Waals surface area contributed by atoms with Gasteiger partial charge in [0.1, 0.15) is 18.2 Å². The Kier molecular flexibility index (Phi) is 2.29. The Bertz CT molecular complexity index is 450. The zero-order chi connectivity index (χ0) is 11.0. The molecular formula is C12H12FN3. The van der Waals surface area contributed by atoms with E-state index in [0.29, 0.717) is 0 Å². The van der Waals surface area contributed by atoms with Crippen LogP contribution >= 0.6 is 0 Å². The van der Waals surface area contributed by atoms with Gasteiger partial charge in [-0.15, -0.1) is 0 Å². The third-order valence-corrected chi connectivity index (χ3v) is 3.08. The van der Waals surface area contributed by atoms with Gasteiger partial charge in [-0.3, -0.25) is 4.99 Å². The Morgan fingerprint density at radius 2 is 2.06 bits per heavy atom. The fraction of sp³-hybridized carbons (Fsp3) is 0.333. The molecule has 0 radical (unpaired) electrons. The number of aliphatic imine (C=N–C) groups is 2. The molecule has 0 spiro atoms. The molecule has 0 aromatic heterocycles. The maximum Gasteiger partial charge on any atom is 0.123 e. The van der Waals surface area contributed by atoms with Crippen molar-refractivity contribution in [3.63, 3.8) is 0 Å². The Hall–Kier alpha value is -1.55. The molecule has 0 saturated carbocycles. The number of hydrogen-bond donors (Lipinski definition) is 1. The van der Waals surface area contributed by atoms with Gasteiger partial charge in [-0.05, 0) is 17.7 Å². The summed E-state index contributed by atoms with van der Waals surface area (Å²) in [7, 11) is 0. The van der Waals surface area contributed by atoms with Gasteiger partial charge in [0.25, 0.3) is 0 Å². The van der Waals surface area contributed by atoms with E-state index in [4.69, 9.17) is 0 Å². The zero-order valence-electron chi connectivity index (χ0n) is 8.73. The van der Waals surface area contributed by atoms with Crippen molar-refractivity contribution >= 4 is 12.1 Å². The van der Waals surface area contributed by atoms with Gasteiger partial charge in [0.15, 0.2) is 0 Å². The van der Waals surface area contributed by atoms with E-state index in [0.717, 1.165) is 24.2 Å². The number of nitrogens with one attached hydrogen (secondary N) is 1. The lowest BCUT2D eigenvalue weighted by Gasteiger charge is -2.29. The second kappa shape index (κ2) is 3.79. The number of halogens is 1. The molecule has 2 aliphatic rings. The first-order chi connectivity index (χ1) is 7.84. The van der Waals surface area contributed by atoms with Gasteiger partial charge in [-0.2, -0.15) is 0 Å². The van der Waals surface area contributed by atoms with Crippen molar-refractivity contribution in [3.05, 3.63) is 35.6 Å². The van der Waals surface area contributed by atoms with Crippen molar-refractivity contribution in [2.75, 3.05) is 6.54 Å². The van der Waals surface area contributed by atoms with Crippen molar-refractivity contribution in [3.8, 4) is 0 Å². The molecule has 2 heterocycles. The fourth-order valence-electron chi connectivity index (χ4n) is 2.27. The molecule has 2 atom stereocenters. The largest absolute Gasteiger partial charge is 0.307 e. The lowest BCUT2D eigenvalue weighted by Crippen LogP contribution is -2.41. The monoisotopic (exact) mass is 217 g/mol. The lowest BCUT2D eigenvalue weighted by molar-refractivity contribution is 0.484. The molecule has 1 aromatic rings. The lowest BCUT2D eigenvalue weighted by atomic mass is 9.91. The Morgan fingerprint density at radius 3 is 2.88 bits per heavy atom. The number of rotatable bonds is 1. The molecule has 16 heavy (non-hydrogen) atoms. The van der Waals surface area contributed by atoms with E-state index < -0.39 is 0 Å². The molecule has 1 N–H and O–H groups in total. The van der Waals surface area contributed by atoms with Crippen LogP contribution in [0, 0.1) is 5.82 Å². The quantitative estimate of drug-likeness (QED) is 0.764. The number of benzene rings is 1. The van der Waals surface area contributed by atoms with Crippen LogP contribution in [0.15, 0.2) is 34.3 Å². The predicted octanol–water partition coefficient (Wildman–Crippen LogP) is 1.71. The Labute approximate surface area is 93.1 Å². The van der Waals surface area contributed by atoms with Gasteiger partial charge in [0.05, 0.1) is 6.04 Å². The van der Waals surface area contributed by atoms with Crippen molar-refractivity contribution in [2.45, 2.75) is 18.5 Å². The standard InChI is InChI=1S/C12H12FN3/c13-9-3-1-8(2-4-9)11-12-10(5-6-14-11)15-7-16-12/h1-4,7,11-12,14H,5-6H2/t11-,12-/m1/s1. The minimum absolute atomic E-state index is 0.0965. The summed E-state index contributed by atoms with van der Waals surface area (Å²) in [4.78, 5) is 8.61. The minimum Gasteiger partial charge on any atom is -0.307 e. The molecule has 4 heteroatoms. The van der Waals surface area contributed by atoms with Crippen LogP contribution in [-0.2, 0) is 0 Å². The van der Waals surface area contributed by atoms with Crippen molar-refractivity contribution < 1.29 is 4.39 Å². The second-order valence-electron chi connectivity index (χ2n) is 4.06. The van der Waals surface area contributed by atoms with E-state index in [1.165, 1.54) is 12.1 Å². The SMILES string of the molecule is Fc1ccc([C@H]2NCCC3=NC=N[C@H]32)cc1. The normalized spacial score (nSPS) is 27.7. The molecule has 0 amide bonds. The number of fused-ring (bicyclic) bond motifs is 1. The highest BCUT2D eigenvalue weighted by atomic mass is 19.1. The van der Waals surface area contributed by atoms with E-state index >= 15 is 0 Å². The van der Waals surface area contributed by atoms with Crippen LogP contribution < -0.4 is 5.32 Å². The van der Waals surface area contributed by atoms with Gasteiger partial charge < -0.3 is 5.32 Å². The Balaban J connectivity index is 1.91. The third kappa shape index (κ3) is 1.55. The number of hydrogen-bond acceptors (Lipinski definition) is 3. The average molecular weight is 217 g/mol. The Morgan fingerprint density at radius 1 is 1.25 bits per heavy atom.